The van der Waals surface area contributed by atoms with Crippen molar-refractivity contribution in [2.45, 2.75) is 12.8 Å². The van der Waals surface area contributed by atoms with Gasteiger partial charge in [0.1, 0.15) is 17.3 Å². The Morgan fingerprint density at radius 3 is 2.61 bits per heavy atom. The first kappa shape index (κ1) is 12.3. The summed E-state index contributed by atoms with van der Waals surface area (Å²) in [7, 11) is 0. The van der Waals surface area contributed by atoms with Gasteiger partial charge in [-0.3, -0.25) is 0 Å². The van der Waals surface area contributed by atoms with Crippen LogP contribution >= 0.6 is 0 Å². The number of aromatic hydroxyl groups is 1. The highest BCUT2D eigenvalue weighted by molar-refractivity contribution is 5.34. The Morgan fingerprint density at radius 1 is 1.17 bits per heavy atom. The third-order valence-electron chi connectivity index (χ3n) is 2.34. The SMILES string of the molecule is NCCCc1ncc(Oc2cccc(O)c2)cn1. The molecule has 1 aromatic heterocycles. The molecule has 2 aromatic rings. The summed E-state index contributed by atoms with van der Waals surface area (Å²) in [4.78, 5) is 8.36. The lowest BCUT2D eigenvalue weighted by molar-refractivity contribution is 0.452. The van der Waals surface area contributed by atoms with E-state index in [-0.39, 0.29) is 5.75 Å². The van der Waals surface area contributed by atoms with Gasteiger partial charge in [-0.15, -0.1) is 0 Å². The molecule has 5 heteroatoms. The molecule has 1 heterocycles. The molecule has 0 aliphatic carbocycles. The van der Waals surface area contributed by atoms with E-state index >= 15 is 0 Å². The van der Waals surface area contributed by atoms with Gasteiger partial charge in [0.2, 0.25) is 0 Å². The number of benzene rings is 1. The summed E-state index contributed by atoms with van der Waals surface area (Å²) >= 11 is 0. The highest BCUT2D eigenvalue weighted by Gasteiger charge is 2.01. The Kier molecular flexibility index (Phi) is 4.09. The van der Waals surface area contributed by atoms with Gasteiger partial charge in [-0.25, -0.2) is 9.97 Å². The van der Waals surface area contributed by atoms with Crippen LogP contribution < -0.4 is 10.5 Å². The lowest BCUT2D eigenvalue weighted by atomic mass is 10.3. The molecule has 1 aromatic carbocycles. The van der Waals surface area contributed by atoms with Crippen LogP contribution in [0, 0.1) is 0 Å². The summed E-state index contributed by atoms with van der Waals surface area (Å²) in [6.07, 6.45) is 4.86. The van der Waals surface area contributed by atoms with Gasteiger partial charge in [-0.2, -0.15) is 0 Å². The second-order valence-electron chi connectivity index (χ2n) is 3.83. The average Bonchev–Trinajstić information content (AvgIpc) is 2.38. The van der Waals surface area contributed by atoms with Crippen molar-refractivity contribution < 1.29 is 9.84 Å². The minimum atomic E-state index is 0.160. The number of rotatable bonds is 5. The first-order chi connectivity index (χ1) is 8.78. The highest BCUT2D eigenvalue weighted by Crippen LogP contribution is 2.23. The van der Waals surface area contributed by atoms with Crippen LogP contribution in [0.5, 0.6) is 17.2 Å². The van der Waals surface area contributed by atoms with E-state index < -0.39 is 0 Å². The zero-order chi connectivity index (χ0) is 12.8. The molecule has 2 rings (SSSR count). The van der Waals surface area contributed by atoms with E-state index in [0.29, 0.717) is 18.0 Å². The van der Waals surface area contributed by atoms with Gasteiger partial charge in [-0.1, -0.05) is 6.07 Å². The van der Waals surface area contributed by atoms with E-state index in [1.54, 1.807) is 30.6 Å². The van der Waals surface area contributed by atoms with Crippen LogP contribution in [-0.2, 0) is 6.42 Å². The second-order valence-corrected chi connectivity index (χ2v) is 3.83. The van der Waals surface area contributed by atoms with Gasteiger partial charge in [0, 0.05) is 12.5 Å². The molecule has 0 amide bonds. The summed E-state index contributed by atoms with van der Waals surface area (Å²) in [5.41, 5.74) is 5.42. The Bertz CT molecular complexity index is 500. The van der Waals surface area contributed by atoms with E-state index in [1.807, 2.05) is 0 Å². The van der Waals surface area contributed by atoms with Crippen molar-refractivity contribution in [1.82, 2.24) is 9.97 Å². The molecule has 5 nitrogen and oxygen atoms in total. The fourth-order valence-electron chi connectivity index (χ4n) is 1.47. The van der Waals surface area contributed by atoms with E-state index in [1.165, 1.54) is 6.07 Å². The first-order valence-electron chi connectivity index (χ1n) is 5.76. The zero-order valence-corrected chi connectivity index (χ0v) is 9.91. The molecule has 0 atom stereocenters. The Balaban J connectivity index is 2.02. The van der Waals surface area contributed by atoms with Crippen molar-refractivity contribution in [1.29, 1.82) is 0 Å². The fourth-order valence-corrected chi connectivity index (χ4v) is 1.47. The molecule has 0 aliphatic heterocycles. The van der Waals surface area contributed by atoms with Crippen molar-refractivity contribution >= 4 is 0 Å². The summed E-state index contributed by atoms with van der Waals surface area (Å²) in [5, 5.41) is 9.31. The second kappa shape index (κ2) is 5.97. The van der Waals surface area contributed by atoms with Crippen LogP contribution in [0.1, 0.15) is 12.2 Å². The van der Waals surface area contributed by atoms with Crippen LogP contribution in [0.4, 0.5) is 0 Å². The number of phenols is 1. The lowest BCUT2D eigenvalue weighted by Gasteiger charge is -2.05. The molecule has 0 radical (unpaired) electrons. The first-order valence-corrected chi connectivity index (χ1v) is 5.76. The van der Waals surface area contributed by atoms with Crippen LogP contribution in [0.15, 0.2) is 36.7 Å². The molecular formula is C13H15N3O2. The summed E-state index contributed by atoms with van der Waals surface area (Å²) in [5.74, 6) is 2.00. The number of nitrogens with two attached hydrogens (primary N) is 1. The number of phenolic OH excluding ortho intramolecular Hbond substituents is 1. The minimum absolute atomic E-state index is 0.160. The maximum absolute atomic E-state index is 9.31. The van der Waals surface area contributed by atoms with E-state index in [2.05, 4.69) is 9.97 Å². The molecule has 0 unspecified atom stereocenters. The summed E-state index contributed by atoms with van der Waals surface area (Å²) < 4.78 is 5.51. The summed E-state index contributed by atoms with van der Waals surface area (Å²) in [6, 6.07) is 6.57. The normalized spacial score (nSPS) is 10.3. The number of ether oxygens (including phenoxy) is 1. The molecular weight excluding hydrogens is 230 g/mol. The molecule has 0 saturated heterocycles. The molecule has 0 aliphatic rings. The van der Waals surface area contributed by atoms with Gasteiger partial charge in [0.15, 0.2) is 5.75 Å². The highest BCUT2D eigenvalue weighted by atomic mass is 16.5. The van der Waals surface area contributed by atoms with Crippen molar-refractivity contribution in [3.05, 3.63) is 42.5 Å². The van der Waals surface area contributed by atoms with Gasteiger partial charge >= 0.3 is 0 Å². The van der Waals surface area contributed by atoms with Gasteiger partial charge < -0.3 is 15.6 Å². The Morgan fingerprint density at radius 2 is 1.94 bits per heavy atom. The number of nitrogens with zero attached hydrogens (tertiary/aromatic N) is 2. The van der Waals surface area contributed by atoms with E-state index in [9.17, 15) is 5.11 Å². The van der Waals surface area contributed by atoms with E-state index in [4.69, 9.17) is 10.5 Å². The summed E-state index contributed by atoms with van der Waals surface area (Å²) in [6.45, 7) is 0.630. The lowest BCUT2D eigenvalue weighted by Crippen LogP contribution is -2.03. The van der Waals surface area contributed by atoms with Crippen LogP contribution in [0.3, 0.4) is 0 Å². The van der Waals surface area contributed by atoms with Crippen molar-refractivity contribution in [2.75, 3.05) is 6.54 Å². The molecule has 0 fully saturated rings. The van der Waals surface area contributed by atoms with Crippen LogP contribution in [-0.4, -0.2) is 21.6 Å². The third-order valence-corrected chi connectivity index (χ3v) is 2.34. The van der Waals surface area contributed by atoms with Gasteiger partial charge in [0.25, 0.3) is 0 Å². The molecule has 0 saturated carbocycles. The van der Waals surface area contributed by atoms with Crippen molar-refractivity contribution in [3.8, 4) is 17.2 Å². The number of aromatic nitrogens is 2. The van der Waals surface area contributed by atoms with Gasteiger partial charge in [-0.05, 0) is 25.1 Å². The Labute approximate surface area is 105 Å². The average molecular weight is 245 g/mol. The number of hydrogen-bond acceptors (Lipinski definition) is 5. The molecule has 18 heavy (non-hydrogen) atoms. The van der Waals surface area contributed by atoms with Crippen LogP contribution in [0.25, 0.3) is 0 Å². The quantitative estimate of drug-likeness (QED) is 0.840. The molecule has 3 N–H and O–H groups in total. The van der Waals surface area contributed by atoms with E-state index in [0.717, 1.165) is 18.7 Å². The molecule has 94 valence electrons. The maximum atomic E-state index is 9.31. The van der Waals surface area contributed by atoms with Crippen LogP contribution in [0.2, 0.25) is 0 Å². The van der Waals surface area contributed by atoms with Gasteiger partial charge in [0.05, 0.1) is 12.4 Å². The van der Waals surface area contributed by atoms with Crippen molar-refractivity contribution in [3.63, 3.8) is 0 Å². The Hall–Kier alpha value is -2.14. The van der Waals surface area contributed by atoms with Crippen molar-refractivity contribution in [2.24, 2.45) is 5.73 Å². The smallest absolute Gasteiger partial charge is 0.164 e. The third kappa shape index (κ3) is 3.43. The fraction of sp³-hybridized carbons (Fsp3) is 0.231. The predicted octanol–water partition coefficient (Wildman–Crippen LogP) is 1.87. The monoisotopic (exact) mass is 245 g/mol. The largest absolute Gasteiger partial charge is 0.508 e. The molecule has 0 bridgehead atoms. The predicted molar refractivity (Wildman–Crippen MR) is 67.6 cm³/mol. The maximum Gasteiger partial charge on any atom is 0.164 e. The topological polar surface area (TPSA) is 81.3 Å². The number of aryl methyl sites for hydroxylation is 1. The minimum Gasteiger partial charge on any atom is -0.508 e. The molecule has 0 spiro atoms. The zero-order valence-electron chi connectivity index (χ0n) is 9.91. The number of hydrogen-bond donors (Lipinski definition) is 2. The standard InChI is InChI=1S/C13H15N3O2/c14-6-2-5-13-15-8-12(9-16-13)18-11-4-1-3-10(17)7-11/h1,3-4,7-9,17H,2,5-6,14H2.